The number of ether oxygens (including phenoxy) is 1. The Labute approximate surface area is 287 Å². The molecule has 1 aromatic heterocycles. The Morgan fingerprint density at radius 2 is 1.90 bits per heavy atom. The number of fused-ring (bicyclic) bond motifs is 1. The largest absolute Gasteiger partial charge is 0.481 e. The average molecular weight is 699 g/mol. The summed E-state index contributed by atoms with van der Waals surface area (Å²) in [6.07, 6.45) is 2.69. The summed E-state index contributed by atoms with van der Waals surface area (Å²) in [5.74, 6) is -2.41. The summed E-state index contributed by atoms with van der Waals surface area (Å²) in [7, 11) is 0. The zero-order chi connectivity index (χ0) is 33.9. The van der Waals surface area contributed by atoms with Gasteiger partial charge in [-0.15, -0.1) is 11.3 Å². The van der Waals surface area contributed by atoms with Crippen LogP contribution in [0.5, 0.6) is 0 Å². The number of anilines is 1. The first-order chi connectivity index (χ1) is 23.1. The van der Waals surface area contributed by atoms with Crippen LogP contribution in [-0.2, 0) is 25.5 Å². The second-order valence-corrected chi connectivity index (χ2v) is 14.2. The molecule has 3 amide bonds. The highest BCUT2D eigenvalue weighted by molar-refractivity contribution is 7.17. The number of thiophene rings is 1. The Morgan fingerprint density at radius 1 is 1.12 bits per heavy atom. The van der Waals surface area contributed by atoms with E-state index in [2.05, 4.69) is 10.2 Å². The fourth-order valence-corrected chi connectivity index (χ4v) is 8.32. The van der Waals surface area contributed by atoms with Gasteiger partial charge < -0.3 is 25.0 Å². The molecule has 3 aliphatic rings. The van der Waals surface area contributed by atoms with E-state index in [0.29, 0.717) is 63.8 Å². The molecule has 3 heterocycles. The van der Waals surface area contributed by atoms with Crippen LogP contribution in [0.3, 0.4) is 0 Å². The molecule has 0 radical (unpaired) electrons. The summed E-state index contributed by atoms with van der Waals surface area (Å²) in [5.41, 5.74) is 0.702. The maximum absolute atomic E-state index is 15.5. The number of benzene rings is 2. The van der Waals surface area contributed by atoms with Gasteiger partial charge in [0, 0.05) is 47.7 Å². The predicted molar refractivity (Wildman–Crippen MR) is 182 cm³/mol. The van der Waals surface area contributed by atoms with Crippen molar-refractivity contribution < 1.29 is 33.4 Å². The molecule has 48 heavy (non-hydrogen) atoms. The molecular weight excluding hydrogens is 659 g/mol. The molecular formula is C35H40ClFN4O6S. The molecule has 2 aromatic carbocycles. The van der Waals surface area contributed by atoms with Crippen LogP contribution in [0.4, 0.5) is 10.1 Å². The van der Waals surface area contributed by atoms with Crippen molar-refractivity contribution in [2.24, 2.45) is 5.92 Å². The summed E-state index contributed by atoms with van der Waals surface area (Å²) >= 11 is 7.96. The van der Waals surface area contributed by atoms with Crippen LogP contribution in [0.25, 0.3) is 10.1 Å². The number of aliphatic carboxylic acids is 1. The lowest BCUT2D eigenvalue weighted by atomic mass is 9.87. The van der Waals surface area contributed by atoms with E-state index in [1.54, 1.807) is 10.3 Å². The molecule has 10 nitrogen and oxygen atoms in total. The van der Waals surface area contributed by atoms with Crippen molar-refractivity contribution in [3.8, 4) is 0 Å². The summed E-state index contributed by atoms with van der Waals surface area (Å²) in [6, 6.07) is 9.73. The molecule has 2 aliphatic heterocycles. The third-order valence-electron chi connectivity index (χ3n) is 9.96. The Balaban J connectivity index is 1.13. The molecule has 2 saturated heterocycles. The molecule has 1 aliphatic carbocycles. The quantitative estimate of drug-likeness (QED) is 0.296. The Hall–Kier alpha value is -3.58. The summed E-state index contributed by atoms with van der Waals surface area (Å²) in [6.45, 7) is 4.89. The van der Waals surface area contributed by atoms with Crippen LogP contribution in [-0.4, -0.2) is 101 Å². The normalized spacial score (nSPS) is 23.5. The number of halogens is 2. The van der Waals surface area contributed by atoms with E-state index in [1.165, 1.54) is 17.4 Å². The third kappa shape index (κ3) is 7.51. The van der Waals surface area contributed by atoms with Crippen LogP contribution in [0.15, 0.2) is 41.8 Å². The Bertz CT molecular complexity index is 1690. The maximum atomic E-state index is 15.5. The molecule has 2 atom stereocenters. The fraction of sp³-hybridized carbons (Fsp3) is 0.486. The van der Waals surface area contributed by atoms with Gasteiger partial charge in [-0.05, 0) is 62.8 Å². The van der Waals surface area contributed by atoms with E-state index in [4.69, 9.17) is 16.3 Å². The molecule has 1 saturated carbocycles. The topological polar surface area (TPSA) is 119 Å². The van der Waals surface area contributed by atoms with E-state index in [-0.39, 0.29) is 71.8 Å². The minimum absolute atomic E-state index is 0.0486. The standard InChI is InChI=1S/C35H40ClFN4O6S/c1-2-39-11-12-40(18-33(39)43)23-15-24(19-47-25-9-7-21(8-10-25)35(45)46)41(17-23)32(42)14-22-13-28(36)30(16-29(22)37)38-34(44)27-20-48-31-6-4-3-5-26(27)31/h3-6,13,16,20-21,23-25H,2,7-12,14-15,17-19H2,1H3,(H,38,44)(H,45,46)/t21?,23-,24-,25?/m0/s1. The van der Waals surface area contributed by atoms with Gasteiger partial charge in [0.2, 0.25) is 11.8 Å². The number of hydrogen-bond acceptors (Lipinski definition) is 7. The maximum Gasteiger partial charge on any atom is 0.306 e. The number of likely N-dealkylation sites (N-methyl/N-ethyl adjacent to an activating group) is 1. The van der Waals surface area contributed by atoms with E-state index in [1.807, 2.05) is 36.1 Å². The number of rotatable bonds is 10. The first kappa shape index (κ1) is 34.3. The van der Waals surface area contributed by atoms with Crippen molar-refractivity contribution in [1.29, 1.82) is 0 Å². The van der Waals surface area contributed by atoms with Crippen LogP contribution in [0, 0.1) is 11.7 Å². The molecule has 256 valence electrons. The van der Waals surface area contributed by atoms with Gasteiger partial charge in [0.15, 0.2) is 0 Å². The van der Waals surface area contributed by atoms with Gasteiger partial charge >= 0.3 is 5.97 Å². The minimum atomic E-state index is -0.777. The summed E-state index contributed by atoms with van der Waals surface area (Å²) < 4.78 is 22.7. The zero-order valence-corrected chi connectivity index (χ0v) is 28.4. The number of carbonyl (C=O) groups excluding carboxylic acids is 3. The van der Waals surface area contributed by atoms with Crippen molar-refractivity contribution in [3.05, 3.63) is 63.7 Å². The molecule has 0 unspecified atom stereocenters. The molecule has 3 aromatic rings. The SMILES string of the molecule is CCN1CCN([C@H]2C[C@@H](COC3CCC(C(=O)O)CC3)N(C(=O)Cc3cc(Cl)c(NC(=O)c4csc5ccccc45)cc3F)C2)CC1=O. The lowest BCUT2D eigenvalue weighted by molar-refractivity contribution is -0.144. The van der Waals surface area contributed by atoms with Gasteiger partial charge in [0.25, 0.3) is 5.91 Å². The van der Waals surface area contributed by atoms with Crippen LogP contribution in [0.1, 0.15) is 54.9 Å². The van der Waals surface area contributed by atoms with Gasteiger partial charge in [-0.1, -0.05) is 29.8 Å². The second-order valence-electron chi connectivity index (χ2n) is 12.9. The van der Waals surface area contributed by atoms with Crippen molar-refractivity contribution in [2.75, 3.05) is 44.6 Å². The lowest BCUT2D eigenvalue weighted by Gasteiger charge is -2.37. The van der Waals surface area contributed by atoms with Crippen LogP contribution in [0.2, 0.25) is 5.02 Å². The number of carboxylic acid groups (broad SMARTS) is 1. The highest BCUT2D eigenvalue weighted by Gasteiger charge is 2.40. The number of amides is 3. The van der Waals surface area contributed by atoms with Gasteiger partial charge in [-0.25, -0.2) is 4.39 Å². The van der Waals surface area contributed by atoms with Crippen molar-refractivity contribution in [1.82, 2.24) is 14.7 Å². The second kappa shape index (κ2) is 14.9. The lowest BCUT2D eigenvalue weighted by Crippen LogP contribution is -2.54. The third-order valence-corrected chi connectivity index (χ3v) is 11.2. The number of carboxylic acids is 1. The fourth-order valence-electron chi connectivity index (χ4n) is 7.14. The average Bonchev–Trinajstić information content (AvgIpc) is 3.71. The number of nitrogens with one attached hydrogen (secondary N) is 1. The highest BCUT2D eigenvalue weighted by Crippen LogP contribution is 2.32. The summed E-state index contributed by atoms with van der Waals surface area (Å²) in [4.78, 5) is 56.6. The van der Waals surface area contributed by atoms with Crippen molar-refractivity contribution in [3.63, 3.8) is 0 Å². The Morgan fingerprint density at radius 3 is 2.62 bits per heavy atom. The van der Waals surface area contributed by atoms with Crippen LogP contribution < -0.4 is 5.32 Å². The predicted octanol–water partition coefficient (Wildman–Crippen LogP) is 5.28. The van der Waals surface area contributed by atoms with Gasteiger partial charge in [0.1, 0.15) is 5.82 Å². The molecule has 2 N–H and O–H groups in total. The smallest absolute Gasteiger partial charge is 0.306 e. The van der Waals surface area contributed by atoms with E-state index in [9.17, 15) is 24.3 Å². The molecule has 6 rings (SSSR count). The monoisotopic (exact) mass is 698 g/mol. The van der Waals surface area contributed by atoms with Gasteiger partial charge in [-0.3, -0.25) is 24.1 Å². The number of nitrogens with zero attached hydrogens (tertiary/aromatic N) is 3. The molecule has 3 fully saturated rings. The molecule has 0 bridgehead atoms. The zero-order valence-electron chi connectivity index (χ0n) is 26.8. The van der Waals surface area contributed by atoms with Gasteiger partial charge in [-0.2, -0.15) is 0 Å². The van der Waals surface area contributed by atoms with E-state index in [0.717, 1.165) is 16.2 Å². The van der Waals surface area contributed by atoms with E-state index >= 15 is 4.39 Å². The first-order valence-electron chi connectivity index (χ1n) is 16.5. The van der Waals surface area contributed by atoms with Crippen molar-refractivity contribution >= 4 is 62.4 Å². The molecule has 13 heteroatoms. The number of likely N-dealkylation sites (tertiary alicyclic amines) is 1. The number of piperazine rings is 1. The van der Waals surface area contributed by atoms with Crippen LogP contribution >= 0.6 is 22.9 Å². The number of carbonyl (C=O) groups is 4. The summed E-state index contributed by atoms with van der Waals surface area (Å²) in [5, 5.41) is 14.7. The highest BCUT2D eigenvalue weighted by atomic mass is 35.5. The number of hydrogen-bond donors (Lipinski definition) is 2. The minimum Gasteiger partial charge on any atom is -0.481 e. The molecule has 0 spiro atoms. The Kier molecular flexibility index (Phi) is 10.6. The van der Waals surface area contributed by atoms with Gasteiger partial charge in [0.05, 0.1) is 53.9 Å². The first-order valence-corrected chi connectivity index (χ1v) is 17.8. The van der Waals surface area contributed by atoms with E-state index < -0.39 is 17.7 Å². The van der Waals surface area contributed by atoms with Crippen molar-refractivity contribution in [2.45, 2.75) is 63.6 Å².